The van der Waals surface area contributed by atoms with Gasteiger partial charge in [0.05, 0.1) is 5.56 Å². The van der Waals surface area contributed by atoms with Crippen molar-refractivity contribution in [2.75, 3.05) is 5.73 Å². The lowest BCUT2D eigenvalue weighted by Crippen LogP contribution is -1.92. The Balaban J connectivity index is 2.08. The number of aryl methyl sites for hydroxylation is 1. The molecule has 0 aliphatic rings. The monoisotopic (exact) mass is 319 g/mol. The first kappa shape index (κ1) is 13.9. The summed E-state index contributed by atoms with van der Waals surface area (Å²) in [6.45, 7) is 1.94. The summed E-state index contributed by atoms with van der Waals surface area (Å²) in [5, 5.41) is 4.99. The molecule has 2 N–H and O–H groups in total. The van der Waals surface area contributed by atoms with Crippen LogP contribution in [0.5, 0.6) is 0 Å². The molecule has 0 saturated carbocycles. The zero-order valence-electron chi connectivity index (χ0n) is 11.1. The van der Waals surface area contributed by atoms with Crippen LogP contribution in [0.25, 0.3) is 22.8 Å². The molecule has 0 unspecified atom stereocenters. The molecule has 2 aromatic carbocycles. The van der Waals surface area contributed by atoms with E-state index in [1.165, 1.54) is 0 Å². The quantitative estimate of drug-likeness (QED) is 0.701. The highest BCUT2D eigenvalue weighted by molar-refractivity contribution is 6.35. The van der Waals surface area contributed by atoms with E-state index < -0.39 is 0 Å². The first-order chi connectivity index (χ1) is 10.0. The lowest BCUT2D eigenvalue weighted by atomic mass is 10.1. The predicted molar refractivity (Wildman–Crippen MR) is 84.3 cm³/mol. The van der Waals surface area contributed by atoms with Crippen LogP contribution < -0.4 is 5.73 Å². The lowest BCUT2D eigenvalue weighted by Gasteiger charge is -2.03. The van der Waals surface area contributed by atoms with Gasteiger partial charge in [-0.25, -0.2) is 0 Å². The molecule has 0 amide bonds. The maximum atomic E-state index is 5.98. The maximum Gasteiger partial charge on any atom is 0.260 e. The summed E-state index contributed by atoms with van der Waals surface area (Å²) >= 11 is 12.0. The smallest absolute Gasteiger partial charge is 0.260 e. The molecule has 21 heavy (non-hydrogen) atoms. The highest BCUT2D eigenvalue weighted by atomic mass is 35.5. The molecule has 106 valence electrons. The van der Waals surface area contributed by atoms with Crippen LogP contribution in [0.2, 0.25) is 10.0 Å². The van der Waals surface area contributed by atoms with E-state index in [-0.39, 0.29) is 0 Å². The van der Waals surface area contributed by atoms with Crippen LogP contribution in [0.4, 0.5) is 5.69 Å². The molecule has 0 aliphatic carbocycles. The van der Waals surface area contributed by atoms with Gasteiger partial charge in [0.1, 0.15) is 0 Å². The highest BCUT2D eigenvalue weighted by Crippen LogP contribution is 2.31. The van der Waals surface area contributed by atoms with Crippen LogP contribution >= 0.6 is 23.2 Å². The SMILES string of the molecule is Cc1cccc(N)c1-c1nc(-c2cc(Cl)cc(Cl)c2)no1. The largest absolute Gasteiger partial charge is 0.398 e. The number of anilines is 1. The average Bonchev–Trinajstić information content (AvgIpc) is 2.87. The predicted octanol–water partition coefficient (Wildman–Crippen LogP) is 4.60. The summed E-state index contributed by atoms with van der Waals surface area (Å²) < 4.78 is 5.32. The molecule has 6 heteroatoms. The molecular weight excluding hydrogens is 309 g/mol. The van der Waals surface area contributed by atoms with E-state index in [0.29, 0.717) is 33.0 Å². The zero-order valence-corrected chi connectivity index (χ0v) is 12.6. The van der Waals surface area contributed by atoms with Crippen molar-refractivity contribution < 1.29 is 4.52 Å². The Labute approximate surface area is 131 Å². The minimum Gasteiger partial charge on any atom is -0.398 e. The molecule has 0 bridgehead atoms. The second-order valence-corrected chi connectivity index (χ2v) is 5.49. The van der Waals surface area contributed by atoms with Gasteiger partial charge in [0.25, 0.3) is 5.89 Å². The molecule has 0 fully saturated rings. The molecule has 0 radical (unpaired) electrons. The van der Waals surface area contributed by atoms with Crippen molar-refractivity contribution in [2.24, 2.45) is 0 Å². The van der Waals surface area contributed by atoms with Crippen LogP contribution in [0.1, 0.15) is 5.56 Å². The minimum atomic E-state index is 0.372. The maximum absolute atomic E-state index is 5.98. The Morgan fingerprint density at radius 2 is 1.81 bits per heavy atom. The number of aromatic nitrogens is 2. The van der Waals surface area contributed by atoms with Crippen LogP contribution in [0.15, 0.2) is 40.9 Å². The number of hydrogen-bond donors (Lipinski definition) is 1. The standard InChI is InChI=1S/C15H11Cl2N3O/c1-8-3-2-4-12(18)13(8)15-19-14(20-21-15)9-5-10(16)7-11(17)6-9/h2-7H,18H2,1H3. The first-order valence-corrected chi connectivity index (χ1v) is 6.96. The number of benzene rings is 2. The highest BCUT2D eigenvalue weighted by Gasteiger charge is 2.15. The molecular formula is C15H11Cl2N3O. The third-order valence-electron chi connectivity index (χ3n) is 3.07. The van der Waals surface area contributed by atoms with Gasteiger partial charge in [-0.05, 0) is 36.8 Å². The Morgan fingerprint density at radius 3 is 2.48 bits per heavy atom. The van der Waals surface area contributed by atoms with E-state index in [0.717, 1.165) is 11.1 Å². The van der Waals surface area contributed by atoms with Crippen molar-refractivity contribution >= 4 is 28.9 Å². The summed E-state index contributed by atoms with van der Waals surface area (Å²) in [5.41, 5.74) is 8.97. The molecule has 0 spiro atoms. The van der Waals surface area contributed by atoms with Crippen molar-refractivity contribution in [1.82, 2.24) is 10.1 Å². The number of halogens is 2. The Hall–Kier alpha value is -2.04. The molecule has 1 aromatic heterocycles. The van der Waals surface area contributed by atoms with Crippen molar-refractivity contribution in [3.63, 3.8) is 0 Å². The average molecular weight is 320 g/mol. The van der Waals surface area contributed by atoms with Gasteiger partial charge in [-0.3, -0.25) is 0 Å². The summed E-state index contributed by atoms with van der Waals surface area (Å²) in [7, 11) is 0. The fourth-order valence-corrected chi connectivity index (χ4v) is 2.63. The lowest BCUT2D eigenvalue weighted by molar-refractivity contribution is 0.432. The van der Waals surface area contributed by atoms with Gasteiger partial charge in [0.2, 0.25) is 5.82 Å². The van der Waals surface area contributed by atoms with Crippen molar-refractivity contribution in [3.8, 4) is 22.8 Å². The summed E-state index contributed by atoms with van der Waals surface area (Å²) in [6.07, 6.45) is 0. The third-order valence-corrected chi connectivity index (χ3v) is 3.50. The summed E-state index contributed by atoms with van der Waals surface area (Å²) in [6, 6.07) is 10.7. The van der Waals surface area contributed by atoms with Gasteiger partial charge >= 0.3 is 0 Å². The second-order valence-electron chi connectivity index (χ2n) is 4.62. The minimum absolute atomic E-state index is 0.372. The number of nitrogens with zero attached hydrogens (tertiary/aromatic N) is 2. The Kier molecular flexibility index (Phi) is 3.57. The Bertz CT molecular complexity index is 774. The normalized spacial score (nSPS) is 10.8. The van der Waals surface area contributed by atoms with E-state index in [4.69, 9.17) is 33.5 Å². The van der Waals surface area contributed by atoms with Crippen LogP contribution in [-0.4, -0.2) is 10.1 Å². The van der Waals surface area contributed by atoms with Crippen LogP contribution in [-0.2, 0) is 0 Å². The van der Waals surface area contributed by atoms with Crippen molar-refractivity contribution in [2.45, 2.75) is 6.92 Å². The van der Waals surface area contributed by atoms with Crippen LogP contribution in [0.3, 0.4) is 0 Å². The first-order valence-electron chi connectivity index (χ1n) is 6.20. The fraction of sp³-hybridized carbons (Fsp3) is 0.0667. The van der Waals surface area contributed by atoms with E-state index in [9.17, 15) is 0 Å². The van der Waals surface area contributed by atoms with Gasteiger partial charge in [-0.15, -0.1) is 0 Å². The number of nitrogen functional groups attached to an aromatic ring is 1. The van der Waals surface area contributed by atoms with Gasteiger partial charge in [-0.1, -0.05) is 40.5 Å². The van der Waals surface area contributed by atoms with E-state index in [1.54, 1.807) is 24.3 Å². The van der Waals surface area contributed by atoms with Crippen molar-refractivity contribution in [1.29, 1.82) is 0 Å². The van der Waals surface area contributed by atoms with Crippen LogP contribution in [0, 0.1) is 6.92 Å². The van der Waals surface area contributed by atoms with E-state index in [1.807, 2.05) is 19.1 Å². The molecule has 0 aliphatic heterocycles. The molecule has 3 aromatic rings. The third kappa shape index (κ3) is 2.73. The van der Waals surface area contributed by atoms with Crippen molar-refractivity contribution in [3.05, 3.63) is 52.0 Å². The van der Waals surface area contributed by atoms with Gasteiger partial charge in [0.15, 0.2) is 0 Å². The fourth-order valence-electron chi connectivity index (χ4n) is 2.11. The molecule has 1 heterocycles. The van der Waals surface area contributed by atoms with Gasteiger partial charge < -0.3 is 10.3 Å². The number of nitrogens with two attached hydrogens (primary N) is 1. The summed E-state index contributed by atoms with van der Waals surface area (Å²) in [4.78, 5) is 4.38. The number of rotatable bonds is 2. The van der Waals surface area contributed by atoms with Gasteiger partial charge in [-0.2, -0.15) is 4.98 Å². The Morgan fingerprint density at radius 1 is 1.10 bits per heavy atom. The second kappa shape index (κ2) is 5.39. The van der Waals surface area contributed by atoms with Gasteiger partial charge in [0, 0.05) is 21.3 Å². The molecule has 0 atom stereocenters. The van der Waals surface area contributed by atoms with E-state index in [2.05, 4.69) is 10.1 Å². The molecule has 0 saturated heterocycles. The van der Waals surface area contributed by atoms with E-state index >= 15 is 0 Å². The zero-order chi connectivity index (χ0) is 15.0. The molecule has 3 rings (SSSR count). The summed E-state index contributed by atoms with van der Waals surface area (Å²) in [5.74, 6) is 0.786. The topological polar surface area (TPSA) is 64.9 Å². The molecule has 4 nitrogen and oxygen atoms in total. The number of hydrogen-bond acceptors (Lipinski definition) is 4.